The molecule has 1 aromatic heterocycles. The highest BCUT2D eigenvalue weighted by Gasteiger charge is 2.36. The summed E-state index contributed by atoms with van der Waals surface area (Å²) in [6.45, 7) is 3.33. The molecule has 1 saturated carbocycles. The van der Waals surface area contributed by atoms with E-state index in [1.165, 1.54) is 0 Å². The number of nitrogens with zero attached hydrogens (tertiary/aromatic N) is 3. The standard InChI is InChI=1S/C14H22N4O2/c1-9-16-13(20-17-9)10-4-3-7-18(8-10)14(19)11-5-2-6-12(11)15/h10-12H,2-8,15H2,1H3/t10-,11+,12+/m1/s1. The number of hydrogen-bond donors (Lipinski definition) is 1. The van der Waals surface area contributed by atoms with Crippen LogP contribution in [-0.4, -0.2) is 40.1 Å². The van der Waals surface area contributed by atoms with E-state index in [1.807, 2.05) is 11.8 Å². The Labute approximate surface area is 118 Å². The van der Waals surface area contributed by atoms with Gasteiger partial charge in [0.2, 0.25) is 11.8 Å². The van der Waals surface area contributed by atoms with Crippen LogP contribution in [0.1, 0.15) is 49.7 Å². The highest BCUT2D eigenvalue weighted by molar-refractivity contribution is 5.80. The van der Waals surface area contributed by atoms with E-state index in [1.54, 1.807) is 0 Å². The second kappa shape index (κ2) is 5.52. The first-order valence-corrected chi connectivity index (χ1v) is 7.49. The van der Waals surface area contributed by atoms with E-state index in [0.717, 1.165) is 38.6 Å². The van der Waals surface area contributed by atoms with Crippen LogP contribution in [0.5, 0.6) is 0 Å². The Kier molecular flexibility index (Phi) is 3.74. The minimum absolute atomic E-state index is 0.0122. The summed E-state index contributed by atoms with van der Waals surface area (Å²) < 4.78 is 5.25. The molecule has 0 bridgehead atoms. The molecule has 3 rings (SSSR count). The van der Waals surface area contributed by atoms with Crippen LogP contribution in [0.3, 0.4) is 0 Å². The van der Waals surface area contributed by atoms with E-state index in [0.29, 0.717) is 18.3 Å². The van der Waals surface area contributed by atoms with Crippen LogP contribution in [-0.2, 0) is 4.79 Å². The van der Waals surface area contributed by atoms with Crippen LogP contribution >= 0.6 is 0 Å². The maximum Gasteiger partial charge on any atom is 0.231 e. The van der Waals surface area contributed by atoms with Gasteiger partial charge in [0.05, 0.1) is 11.8 Å². The first kappa shape index (κ1) is 13.5. The van der Waals surface area contributed by atoms with E-state index in [9.17, 15) is 4.79 Å². The molecule has 2 N–H and O–H groups in total. The van der Waals surface area contributed by atoms with Gasteiger partial charge in [-0.05, 0) is 32.6 Å². The number of rotatable bonds is 2. The van der Waals surface area contributed by atoms with Crippen LogP contribution in [0.4, 0.5) is 0 Å². The summed E-state index contributed by atoms with van der Waals surface area (Å²) in [4.78, 5) is 18.8. The molecule has 6 heteroatoms. The lowest BCUT2D eigenvalue weighted by atomic mass is 9.95. The van der Waals surface area contributed by atoms with Gasteiger partial charge >= 0.3 is 0 Å². The van der Waals surface area contributed by atoms with Gasteiger partial charge in [-0.2, -0.15) is 4.98 Å². The topological polar surface area (TPSA) is 85.2 Å². The molecule has 2 fully saturated rings. The Morgan fingerprint density at radius 1 is 1.35 bits per heavy atom. The smallest absolute Gasteiger partial charge is 0.231 e. The first-order valence-electron chi connectivity index (χ1n) is 7.49. The fourth-order valence-corrected chi connectivity index (χ4v) is 3.39. The zero-order valence-corrected chi connectivity index (χ0v) is 11.9. The molecule has 1 aliphatic carbocycles. The average molecular weight is 278 g/mol. The highest BCUT2D eigenvalue weighted by Crippen LogP contribution is 2.30. The number of carbonyl (C=O) groups excluding carboxylic acids is 1. The molecule has 2 aliphatic rings. The van der Waals surface area contributed by atoms with Crippen molar-refractivity contribution in [3.05, 3.63) is 11.7 Å². The third-order valence-corrected chi connectivity index (χ3v) is 4.51. The molecule has 0 unspecified atom stereocenters. The van der Waals surface area contributed by atoms with Crippen LogP contribution in [0, 0.1) is 12.8 Å². The van der Waals surface area contributed by atoms with Gasteiger partial charge in [0, 0.05) is 19.1 Å². The van der Waals surface area contributed by atoms with Crippen molar-refractivity contribution in [1.82, 2.24) is 15.0 Å². The van der Waals surface area contributed by atoms with Crippen molar-refractivity contribution in [2.24, 2.45) is 11.7 Å². The van der Waals surface area contributed by atoms with Crippen LogP contribution in [0.25, 0.3) is 0 Å². The second-order valence-electron chi connectivity index (χ2n) is 6.00. The third-order valence-electron chi connectivity index (χ3n) is 4.51. The summed E-state index contributed by atoms with van der Waals surface area (Å²) >= 11 is 0. The van der Waals surface area contributed by atoms with Crippen molar-refractivity contribution in [2.75, 3.05) is 13.1 Å². The van der Waals surface area contributed by atoms with Gasteiger partial charge in [0.1, 0.15) is 0 Å². The first-order chi connectivity index (χ1) is 9.65. The zero-order valence-electron chi connectivity index (χ0n) is 11.9. The summed E-state index contributed by atoms with van der Waals surface area (Å²) in [6.07, 6.45) is 4.96. The van der Waals surface area contributed by atoms with E-state index >= 15 is 0 Å². The molecule has 1 amide bonds. The van der Waals surface area contributed by atoms with E-state index in [-0.39, 0.29) is 23.8 Å². The fraction of sp³-hybridized carbons (Fsp3) is 0.786. The predicted octanol–water partition coefficient (Wildman–Crippen LogP) is 1.21. The normalized spacial score (nSPS) is 30.7. The molecule has 0 radical (unpaired) electrons. The molecule has 3 atom stereocenters. The summed E-state index contributed by atoms with van der Waals surface area (Å²) in [5, 5.41) is 3.84. The molecular weight excluding hydrogens is 256 g/mol. The molecule has 20 heavy (non-hydrogen) atoms. The number of amides is 1. The van der Waals surface area contributed by atoms with Crippen molar-refractivity contribution in [2.45, 2.75) is 51.0 Å². The number of likely N-dealkylation sites (tertiary alicyclic amines) is 1. The number of hydrogen-bond acceptors (Lipinski definition) is 5. The van der Waals surface area contributed by atoms with Crippen molar-refractivity contribution in [3.63, 3.8) is 0 Å². The summed E-state index contributed by atoms with van der Waals surface area (Å²) in [6, 6.07) is 0.0357. The van der Waals surface area contributed by atoms with E-state index in [2.05, 4.69) is 10.1 Å². The predicted molar refractivity (Wildman–Crippen MR) is 72.9 cm³/mol. The van der Waals surface area contributed by atoms with Gasteiger partial charge in [-0.3, -0.25) is 4.79 Å². The lowest BCUT2D eigenvalue weighted by Crippen LogP contribution is -2.45. The molecule has 0 spiro atoms. The number of aryl methyl sites for hydroxylation is 1. The molecule has 110 valence electrons. The maximum absolute atomic E-state index is 12.6. The Morgan fingerprint density at radius 2 is 2.20 bits per heavy atom. The Balaban J connectivity index is 1.67. The van der Waals surface area contributed by atoms with Crippen LogP contribution in [0.15, 0.2) is 4.52 Å². The third kappa shape index (κ3) is 2.57. The summed E-state index contributed by atoms with van der Waals surface area (Å²) in [7, 11) is 0. The molecule has 1 aromatic rings. The van der Waals surface area contributed by atoms with Gasteiger partial charge in [0.25, 0.3) is 0 Å². The lowest BCUT2D eigenvalue weighted by molar-refractivity contribution is -0.137. The van der Waals surface area contributed by atoms with Gasteiger partial charge in [-0.15, -0.1) is 0 Å². The second-order valence-corrected chi connectivity index (χ2v) is 6.00. The molecular formula is C14H22N4O2. The number of carbonyl (C=O) groups is 1. The number of nitrogens with two attached hydrogens (primary N) is 1. The number of piperidine rings is 1. The van der Waals surface area contributed by atoms with Crippen molar-refractivity contribution < 1.29 is 9.32 Å². The molecule has 2 heterocycles. The van der Waals surface area contributed by atoms with Crippen LogP contribution in [0.2, 0.25) is 0 Å². The van der Waals surface area contributed by atoms with Gasteiger partial charge in [-0.25, -0.2) is 0 Å². The monoisotopic (exact) mass is 278 g/mol. The SMILES string of the molecule is Cc1noc([C@@H]2CCCN(C(=O)[C@H]3CCC[C@@H]3N)C2)n1. The highest BCUT2D eigenvalue weighted by atomic mass is 16.5. The molecule has 0 aromatic carbocycles. The fourth-order valence-electron chi connectivity index (χ4n) is 3.39. The Hall–Kier alpha value is -1.43. The molecule has 1 saturated heterocycles. The lowest BCUT2D eigenvalue weighted by Gasteiger charge is -2.33. The van der Waals surface area contributed by atoms with Crippen molar-refractivity contribution in [1.29, 1.82) is 0 Å². The Bertz CT molecular complexity index is 487. The van der Waals surface area contributed by atoms with E-state index < -0.39 is 0 Å². The summed E-state index contributed by atoms with van der Waals surface area (Å²) in [5.41, 5.74) is 6.05. The van der Waals surface area contributed by atoms with Gasteiger partial charge in [0.15, 0.2) is 5.82 Å². The largest absolute Gasteiger partial charge is 0.342 e. The maximum atomic E-state index is 12.6. The van der Waals surface area contributed by atoms with Crippen molar-refractivity contribution in [3.8, 4) is 0 Å². The van der Waals surface area contributed by atoms with Gasteiger partial charge in [-0.1, -0.05) is 11.6 Å². The van der Waals surface area contributed by atoms with Crippen molar-refractivity contribution >= 4 is 5.91 Å². The minimum Gasteiger partial charge on any atom is -0.342 e. The quantitative estimate of drug-likeness (QED) is 0.879. The van der Waals surface area contributed by atoms with Gasteiger partial charge < -0.3 is 15.2 Å². The van der Waals surface area contributed by atoms with E-state index in [4.69, 9.17) is 10.3 Å². The molecule has 6 nitrogen and oxygen atoms in total. The summed E-state index contributed by atoms with van der Waals surface area (Å²) in [5.74, 6) is 1.72. The zero-order chi connectivity index (χ0) is 14.1. The Morgan fingerprint density at radius 3 is 2.85 bits per heavy atom. The molecule has 1 aliphatic heterocycles. The van der Waals surface area contributed by atoms with Crippen LogP contribution < -0.4 is 5.73 Å². The number of aromatic nitrogens is 2. The average Bonchev–Trinajstić information content (AvgIpc) is 3.07. The minimum atomic E-state index is 0.0122.